The van der Waals surface area contributed by atoms with E-state index in [-0.39, 0.29) is 5.88 Å². The van der Waals surface area contributed by atoms with Crippen LogP contribution in [0.2, 0.25) is 0 Å². The number of thioether (sulfide) groups is 1. The van der Waals surface area contributed by atoms with Gasteiger partial charge in [-0.3, -0.25) is 0 Å². The third-order valence-electron chi connectivity index (χ3n) is 4.31. The number of azo groups is 1. The van der Waals surface area contributed by atoms with Crippen LogP contribution in [-0.2, 0) is 6.42 Å². The molecule has 0 saturated carbocycles. The molecule has 0 unspecified atom stereocenters. The first-order valence-corrected chi connectivity index (χ1v) is 9.19. The molecule has 1 aromatic carbocycles. The topological polar surface area (TPSA) is 62.8 Å². The standard InChI is InChI=1S/C18H18N4OS/c1-2-12-6-7-15-14(9-12)17(18(23)22(15)13-10-24-11-13)21-20-16-5-3-4-8-19-16/h3-9,13,23H,2,10-11H2,1H3. The first-order valence-electron chi connectivity index (χ1n) is 8.04. The first kappa shape index (κ1) is 15.2. The summed E-state index contributed by atoms with van der Waals surface area (Å²) in [4.78, 5) is 4.15. The molecule has 1 saturated heterocycles. The summed E-state index contributed by atoms with van der Waals surface area (Å²) < 4.78 is 2.00. The van der Waals surface area contributed by atoms with Crippen molar-refractivity contribution in [2.24, 2.45) is 10.2 Å². The second-order valence-corrected chi connectivity index (χ2v) is 6.90. The van der Waals surface area contributed by atoms with Crippen molar-refractivity contribution in [3.63, 3.8) is 0 Å². The minimum atomic E-state index is 0.197. The summed E-state index contributed by atoms with van der Waals surface area (Å²) in [5.41, 5.74) is 2.77. The zero-order chi connectivity index (χ0) is 16.5. The van der Waals surface area contributed by atoms with E-state index in [2.05, 4.69) is 40.3 Å². The molecule has 24 heavy (non-hydrogen) atoms. The highest BCUT2D eigenvalue weighted by Crippen LogP contribution is 2.45. The maximum Gasteiger partial charge on any atom is 0.221 e. The van der Waals surface area contributed by atoms with Crippen molar-refractivity contribution in [1.29, 1.82) is 0 Å². The predicted octanol–water partition coefficient (Wildman–Crippen LogP) is 5.01. The minimum absolute atomic E-state index is 0.197. The van der Waals surface area contributed by atoms with Gasteiger partial charge in [-0.25, -0.2) is 4.98 Å². The molecule has 1 fully saturated rings. The first-order chi connectivity index (χ1) is 11.8. The molecule has 0 aliphatic carbocycles. The summed E-state index contributed by atoms with van der Waals surface area (Å²) in [6, 6.07) is 12.1. The highest BCUT2D eigenvalue weighted by molar-refractivity contribution is 8.00. The molecule has 0 amide bonds. The zero-order valence-electron chi connectivity index (χ0n) is 13.4. The SMILES string of the molecule is CCc1ccc2c(c1)c(N=Nc1ccccn1)c(O)n2C1CSC1. The molecule has 1 N–H and O–H groups in total. The van der Waals surface area contributed by atoms with Crippen LogP contribution < -0.4 is 0 Å². The predicted molar refractivity (Wildman–Crippen MR) is 97.8 cm³/mol. The van der Waals surface area contributed by atoms with Crippen LogP contribution in [0.25, 0.3) is 10.9 Å². The fourth-order valence-corrected chi connectivity index (χ4v) is 3.65. The molecule has 0 spiro atoms. The normalized spacial score (nSPS) is 15.2. The van der Waals surface area contributed by atoms with Crippen molar-refractivity contribution in [3.05, 3.63) is 48.2 Å². The van der Waals surface area contributed by atoms with Gasteiger partial charge in [0.2, 0.25) is 5.88 Å². The van der Waals surface area contributed by atoms with Crippen LogP contribution >= 0.6 is 11.8 Å². The summed E-state index contributed by atoms with van der Waals surface area (Å²) in [7, 11) is 0. The van der Waals surface area contributed by atoms with Crippen LogP contribution in [0.4, 0.5) is 11.5 Å². The van der Waals surface area contributed by atoms with Crippen molar-refractivity contribution >= 4 is 34.2 Å². The zero-order valence-corrected chi connectivity index (χ0v) is 14.2. The summed E-state index contributed by atoms with van der Waals surface area (Å²) >= 11 is 1.89. The average molecular weight is 338 g/mol. The van der Waals surface area contributed by atoms with Crippen molar-refractivity contribution in [2.45, 2.75) is 19.4 Å². The van der Waals surface area contributed by atoms with Gasteiger partial charge in [0.1, 0.15) is 0 Å². The van der Waals surface area contributed by atoms with Crippen LogP contribution in [0, 0.1) is 0 Å². The smallest absolute Gasteiger partial charge is 0.221 e. The summed E-state index contributed by atoms with van der Waals surface area (Å²) in [5, 5.41) is 20.2. The van der Waals surface area contributed by atoms with E-state index in [1.54, 1.807) is 12.3 Å². The van der Waals surface area contributed by atoms with Crippen LogP contribution in [0.1, 0.15) is 18.5 Å². The van der Waals surface area contributed by atoms with Crippen molar-refractivity contribution in [2.75, 3.05) is 11.5 Å². The maximum absolute atomic E-state index is 10.8. The number of benzene rings is 1. The van der Waals surface area contributed by atoms with Crippen molar-refractivity contribution < 1.29 is 5.11 Å². The molecule has 2 aromatic heterocycles. The molecule has 3 heterocycles. The van der Waals surface area contributed by atoms with E-state index in [4.69, 9.17) is 0 Å². The number of pyridine rings is 1. The van der Waals surface area contributed by atoms with Gasteiger partial charge in [0.15, 0.2) is 11.5 Å². The Labute approximate surface area is 144 Å². The molecule has 6 heteroatoms. The lowest BCUT2D eigenvalue weighted by Crippen LogP contribution is -2.22. The molecule has 1 aliphatic rings. The van der Waals surface area contributed by atoms with E-state index >= 15 is 0 Å². The van der Waals surface area contributed by atoms with E-state index in [1.165, 1.54) is 5.56 Å². The fourth-order valence-electron chi connectivity index (χ4n) is 2.91. The van der Waals surface area contributed by atoms with Crippen LogP contribution in [0.5, 0.6) is 5.88 Å². The Bertz CT molecular complexity index is 900. The van der Waals surface area contributed by atoms with E-state index in [1.807, 2.05) is 28.5 Å². The highest BCUT2D eigenvalue weighted by atomic mass is 32.2. The summed E-state index contributed by atoms with van der Waals surface area (Å²) in [5.74, 6) is 2.76. The van der Waals surface area contributed by atoms with Crippen molar-refractivity contribution in [3.8, 4) is 5.88 Å². The van der Waals surface area contributed by atoms with E-state index in [9.17, 15) is 5.11 Å². The van der Waals surface area contributed by atoms with Gasteiger partial charge < -0.3 is 9.67 Å². The Balaban J connectivity index is 1.86. The van der Waals surface area contributed by atoms with Gasteiger partial charge in [-0.1, -0.05) is 19.1 Å². The Hall–Kier alpha value is -2.34. The van der Waals surface area contributed by atoms with Gasteiger partial charge in [-0.05, 0) is 36.2 Å². The van der Waals surface area contributed by atoms with Gasteiger partial charge in [0, 0.05) is 23.1 Å². The quantitative estimate of drug-likeness (QED) is 0.680. The molecule has 1 aliphatic heterocycles. The number of aryl methyl sites for hydroxylation is 1. The number of fused-ring (bicyclic) bond motifs is 1. The Morgan fingerprint density at radius 2 is 2.12 bits per heavy atom. The minimum Gasteiger partial charge on any atom is -0.493 e. The fraction of sp³-hybridized carbons (Fsp3) is 0.278. The monoisotopic (exact) mass is 338 g/mol. The summed E-state index contributed by atoms with van der Waals surface area (Å²) in [6.45, 7) is 2.12. The molecular formula is C18H18N4OS. The molecule has 0 atom stereocenters. The van der Waals surface area contributed by atoms with Gasteiger partial charge in [0.25, 0.3) is 0 Å². The third-order valence-corrected chi connectivity index (χ3v) is 5.55. The number of aromatic nitrogens is 2. The molecule has 4 rings (SSSR count). The third kappa shape index (κ3) is 2.57. The number of hydrogen-bond donors (Lipinski definition) is 1. The van der Waals surface area contributed by atoms with Crippen LogP contribution in [0.15, 0.2) is 52.8 Å². The molecule has 122 valence electrons. The molecule has 0 bridgehead atoms. The van der Waals surface area contributed by atoms with Crippen LogP contribution in [0.3, 0.4) is 0 Å². The lowest BCUT2D eigenvalue weighted by molar-refractivity contribution is 0.406. The number of hydrogen-bond acceptors (Lipinski definition) is 5. The van der Waals surface area contributed by atoms with E-state index in [0.29, 0.717) is 17.5 Å². The number of aromatic hydroxyl groups is 1. The lowest BCUT2D eigenvalue weighted by Gasteiger charge is -2.27. The largest absolute Gasteiger partial charge is 0.493 e. The van der Waals surface area contributed by atoms with Gasteiger partial charge in [-0.2, -0.15) is 11.8 Å². The molecular weight excluding hydrogens is 320 g/mol. The van der Waals surface area contributed by atoms with E-state index < -0.39 is 0 Å². The Kier molecular flexibility index (Phi) is 3.98. The average Bonchev–Trinajstić information content (AvgIpc) is 2.84. The second kappa shape index (κ2) is 6.28. The van der Waals surface area contributed by atoms with E-state index in [0.717, 1.165) is 28.8 Å². The molecule has 5 nitrogen and oxygen atoms in total. The number of rotatable bonds is 4. The number of nitrogens with zero attached hydrogens (tertiary/aromatic N) is 4. The summed E-state index contributed by atoms with van der Waals surface area (Å²) in [6.07, 6.45) is 2.62. The lowest BCUT2D eigenvalue weighted by atomic mass is 10.1. The Morgan fingerprint density at radius 1 is 1.25 bits per heavy atom. The molecule has 0 radical (unpaired) electrons. The Morgan fingerprint density at radius 3 is 2.79 bits per heavy atom. The van der Waals surface area contributed by atoms with Gasteiger partial charge in [0.05, 0.1) is 11.6 Å². The van der Waals surface area contributed by atoms with Crippen LogP contribution in [-0.4, -0.2) is 26.2 Å². The van der Waals surface area contributed by atoms with Gasteiger partial charge in [-0.15, -0.1) is 10.2 Å². The maximum atomic E-state index is 10.8. The van der Waals surface area contributed by atoms with Gasteiger partial charge >= 0.3 is 0 Å². The highest BCUT2D eigenvalue weighted by Gasteiger charge is 2.27. The second-order valence-electron chi connectivity index (χ2n) is 5.83. The van der Waals surface area contributed by atoms with Crippen molar-refractivity contribution in [1.82, 2.24) is 9.55 Å². The molecule has 3 aromatic rings.